The van der Waals surface area contributed by atoms with E-state index in [1.165, 1.54) is 6.20 Å². The van der Waals surface area contributed by atoms with Crippen molar-refractivity contribution in [3.8, 4) is 0 Å². The van der Waals surface area contributed by atoms with E-state index < -0.39 is 0 Å². The number of nitrogens with one attached hydrogen (secondary N) is 1. The molecule has 0 spiro atoms. The first kappa shape index (κ1) is 13.0. The van der Waals surface area contributed by atoms with Crippen molar-refractivity contribution in [1.82, 2.24) is 4.98 Å². The number of nitrogens with zero attached hydrogens (tertiary/aromatic N) is 1. The summed E-state index contributed by atoms with van der Waals surface area (Å²) in [4.78, 5) is 15.9. The lowest BCUT2D eigenvalue weighted by Gasteiger charge is -2.10. The number of amides is 1. The van der Waals surface area contributed by atoms with Crippen molar-refractivity contribution in [3.63, 3.8) is 0 Å². The quantitative estimate of drug-likeness (QED) is 0.795. The molecule has 0 bridgehead atoms. The highest BCUT2D eigenvalue weighted by Crippen LogP contribution is 2.32. The molecular formula is C12H9Br2N3O. The van der Waals surface area contributed by atoms with Crippen LogP contribution in [0.5, 0.6) is 0 Å². The Bertz CT molecular complexity index is 564. The zero-order chi connectivity index (χ0) is 13.1. The van der Waals surface area contributed by atoms with Crippen LogP contribution in [0.1, 0.15) is 10.4 Å². The van der Waals surface area contributed by atoms with E-state index in [9.17, 15) is 4.79 Å². The maximum absolute atomic E-state index is 12.0. The van der Waals surface area contributed by atoms with Gasteiger partial charge in [-0.2, -0.15) is 0 Å². The molecule has 18 heavy (non-hydrogen) atoms. The molecule has 6 heteroatoms. The molecule has 0 aliphatic carbocycles. The summed E-state index contributed by atoms with van der Waals surface area (Å²) in [6.07, 6.45) is 3.11. The predicted molar refractivity (Wildman–Crippen MR) is 78.4 cm³/mol. The van der Waals surface area contributed by atoms with Crippen LogP contribution in [0.25, 0.3) is 0 Å². The molecule has 2 aromatic rings. The minimum Gasteiger partial charge on any atom is -0.397 e. The molecule has 1 aromatic carbocycles. The minimum absolute atomic E-state index is 0.252. The number of carbonyl (C=O) groups is 1. The van der Waals surface area contributed by atoms with Crippen LogP contribution in [0, 0.1) is 0 Å². The highest BCUT2D eigenvalue weighted by atomic mass is 79.9. The first-order valence-electron chi connectivity index (χ1n) is 5.04. The number of halogens is 2. The van der Waals surface area contributed by atoms with E-state index >= 15 is 0 Å². The summed E-state index contributed by atoms with van der Waals surface area (Å²) in [5.41, 5.74) is 7.36. The summed E-state index contributed by atoms with van der Waals surface area (Å²) in [5.74, 6) is -0.252. The fourth-order valence-corrected chi connectivity index (χ4v) is 2.77. The summed E-state index contributed by atoms with van der Waals surface area (Å²) >= 11 is 6.68. The second kappa shape index (κ2) is 5.49. The Morgan fingerprint density at radius 1 is 1.33 bits per heavy atom. The summed E-state index contributed by atoms with van der Waals surface area (Å²) in [6, 6.07) is 6.93. The van der Waals surface area contributed by atoms with Crippen LogP contribution in [0.2, 0.25) is 0 Å². The monoisotopic (exact) mass is 369 g/mol. The normalized spacial score (nSPS) is 10.1. The van der Waals surface area contributed by atoms with Crippen LogP contribution >= 0.6 is 31.9 Å². The third-order valence-corrected chi connectivity index (χ3v) is 3.33. The average molecular weight is 371 g/mol. The Balaban J connectivity index is 2.28. The highest BCUT2D eigenvalue weighted by molar-refractivity contribution is 9.11. The molecule has 1 aromatic heterocycles. The van der Waals surface area contributed by atoms with E-state index in [1.807, 2.05) is 6.07 Å². The van der Waals surface area contributed by atoms with Crippen LogP contribution in [-0.2, 0) is 0 Å². The SMILES string of the molecule is Nc1cc(Br)cc(Br)c1NC(=O)c1cccnc1. The van der Waals surface area contributed by atoms with Gasteiger partial charge in [0.25, 0.3) is 5.91 Å². The molecule has 0 radical (unpaired) electrons. The largest absolute Gasteiger partial charge is 0.397 e. The van der Waals surface area contributed by atoms with E-state index in [4.69, 9.17) is 5.73 Å². The van der Waals surface area contributed by atoms with Crippen molar-refractivity contribution in [2.75, 3.05) is 11.1 Å². The second-order valence-corrected chi connectivity index (χ2v) is 5.32. The van der Waals surface area contributed by atoms with Gasteiger partial charge < -0.3 is 11.1 Å². The molecule has 4 nitrogen and oxygen atoms in total. The zero-order valence-corrected chi connectivity index (χ0v) is 12.3. The van der Waals surface area contributed by atoms with Crippen LogP contribution in [0.15, 0.2) is 45.6 Å². The first-order chi connectivity index (χ1) is 8.58. The van der Waals surface area contributed by atoms with Gasteiger partial charge >= 0.3 is 0 Å². The molecule has 0 aliphatic rings. The summed E-state index contributed by atoms with van der Waals surface area (Å²) in [5, 5.41) is 2.75. The molecule has 0 saturated heterocycles. The third-order valence-electron chi connectivity index (χ3n) is 2.25. The summed E-state index contributed by atoms with van der Waals surface area (Å²) in [7, 11) is 0. The highest BCUT2D eigenvalue weighted by Gasteiger charge is 2.11. The lowest BCUT2D eigenvalue weighted by Crippen LogP contribution is -2.13. The number of anilines is 2. The van der Waals surface area contributed by atoms with Gasteiger partial charge in [-0.25, -0.2) is 0 Å². The van der Waals surface area contributed by atoms with Gasteiger partial charge in [0.2, 0.25) is 0 Å². The summed E-state index contributed by atoms with van der Waals surface area (Å²) < 4.78 is 1.55. The molecule has 3 N–H and O–H groups in total. The van der Waals surface area contributed by atoms with Gasteiger partial charge in [-0.15, -0.1) is 0 Å². The van der Waals surface area contributed by atoms with E-state index in [0.717, 1.165) is 4.47 Å². The van der Waals surface area contributed by atoms with Crippen LogP contribution in [-0.4, -0.2) is 10.9 Å². The van der Waals surface area contributed by atoms with Crippen LogP contribution < -0.4 is 11.1 Å². The first-order valence-corrected chi connectivity index (χ1v) is 6.62. The number of aromatic nitrogens is 1. The van der Waals surface area contributed by atoms with Gasteiger partial charge in [0.05, 0.1) is 16.9 Å². The van der Waals surface area contributed by atoms with Crippen LogP contribution in [0.4, 0.5) is 11.4 Å². The van der Waals surface area contributed by atoms with Gasteiger partial charge in [-0.3, -0.25) is 9.78 Å². The minimum atomic E-state index is -0.252. The molecule has 0 aliphatic heterocycles. The second-order valence-electron chi connectivity index (χ2n) is 3.55. The van der Waals surface area contributed by atoms with Gasteiger partial charge in [0.1, 0.15) is 0 Å². The zero-order valence-electron chi connectivity index (χ0n) is 9.15. The molecule has 0 fully saturated rings. The average Bonchev–Trinajstić information content (AvgIpc) is 2.34. The Hall–Kier alpha value is -1.40. The molecule has 0 atom stereocenters. The molecule has 0 unspecified atom stereocenters. The number of hydrogen-bond donors (Lipinski definition) is 2. The smallest absolute Gasteiger partial charge is 0.257 e. The molecule has 1 amide bonds. The number of carbonyl (C=O) groups excluding carboxylic acids is 1. The van der Waals surface area contributed by atoms with Gasteiger partial charge in [-0.05, 0) is 40.2 Å². The number of pyridine rings is 1. The van der Waals surface area contributed by atoms with Crippen molar-refractivity contribution in [2.45, 2.75) is 0 Å². The van der Waals surface area contributed by atoms with Gasteiger partial charge in [0, 0.05) is 21.3 Å². The van der Waals surface area contributed by atoms with E-state index in [0.29, 0.717) is 21.4 Å². The Morgan fingerprint density at radius 3 is 2.72 bits per heavy atom. The Labute approximate surface area is 121 Å². The molecular weight excluding hydrogens is 362 g/mol. The van der Waals surface area contributed by atoms with E-state index in [-0.39, 0.29) is 5.91 Å². The Morgan fingerprint density at radius 2 is 2.11 bits per heavy atom. The molecule has 0 saturated carbocycles. The van der Waals surface area contributed by atoms with Crippen LogP contribution in [0.3, 0.4) is 0 Å². The maximum Gasteiger partial charge on any atom is 0.257 e. The lowest BCUT2D eigenvalue weighted by atomic mass is 10.2. The van der Waals surface area contributed by atoms with Crippen molar-refractivity contribution in [1.29, 1.82) is 0 Å². The maximum atomic E-state index is 12.0. The van der Waals surface area contributed by atoms with Crippen molar-refractivity contribution in [2.24, 2.45) is 0 Å². The number of hydrogen-bond acceptors (Lipinski definition) is 3. The molecule has 1 heterocycles. The van der Waals surface area contributed by atoms with E-state index in [2.05, 4.69) is 42.2 Å². The Kier molecular flexibility index (Phi) is 3.98. The number of benzene rings is 1. The fourth-order valence-electron chi connectivity index (χ4n) is 1.41. The summed E-state index contributed by atoms with van der Waals surface area (Å²) in [6.45, 7) is 0. The molecule has 92 valence electrons. The third kappa shape index (κ3) is 2.88. The predicted octanol–water partition coefficient (Wildman–Crippen LogP) is 3.44. The van der Waals surface area contributed by atoms with Crippen molar-refractivity contribution in [3.05, 3.63) is 51.2 Å². The van der Waals surface area contributed by atoms with Crippen molar-refractivity contribution < 1.29 is 4.79 Å². The van der Waals surface area contributed by atoms with E-state index in [1.54, 1.807) is 24.4 Å². The number of rotatable bonds is 2. The van der Waals surface area contributed by atoms with Crippen molar-refractivity contribution >= 4 is 49.1 Å². The number of nitrogen functional groups attached to an aromatic ring is 1. The lowest BCUT2D eigenvalue weighted by molar-refractivity contribution is 0.102. The van der Waals surface area contributed by atoms with Gasteiger partial charge in [-0.1, -0.05) is 15.9 Å². The fraction of sp³-hybridized carbons (Fsp3) is 0. The molecule has 2 rings (SSSR count). The van der Waals surface area contributed by atoms with Gasteiger partial charge in [0.15, 0.2) is 0 Å². The number of nitrogens with two attached hydrogens (primary N) is 1. The topological polar surface area (TPSA) is 68.0 Å². The standard InChI is InChI=1S/C12H9Br2N3O/c13-8-4-9(14)11(10(15)5-8)17-12(18)7-2-1-3-16-6-7/h1-6H,15H2,(H,17,18).